The Balaban J connectivity index is 0.000000924. The molecule has 1 aromatic heterocycles. The van der Waals surface area contributed by atoms with E-state index in [-0.39, 0.29) is 5.28 Å². The van der Waals surface area contributed by atoms with Crippen LogP contribution in [0.15, 0.2) is 60.7 Å². The standard InChI is InChI=1S/C17H10ClN3.C2H6/c18-17-20-15(13-4-2-1-3-5-13)10-16(21-17)14-8-6-12(11-19)7-9-14;1-2/h1-10H;1-2H3. The van der Waals surface area contributed by atoms with E-state index < -0.39 is 0 Å². The lowest BCUT2D eigenvalue weighted by molar-refractivity contribution is 1.18. The van der Waals surface area contributed by atoms with Gasteiger partial charge >= 0.3 is 0 Å². The molecule has 0 amide bonds. The van der Waals surface area contributed by atoms with Crippen LogP contribution in [0.1, 0.15) is 19.4 Å². The van der Waals surface area contributed by atoms with Gasteiger partial charge in [0.05, 0.1) is 23.0 Å². The maximum Gasteiger partial charge on any atom is 0.223 e. The van der Waals surface area contributed by atoms with Gasteiger partial charge < -0.3 is 0 Å². The molecule has 0 unspecified atom stereocenters. The summed E-state index contributed by atoms with van der Waals surface area (Å²) in [4.78, 5) is 8.52. The van der Waals surface area contributed by atoms with E-state index in [0.29, 0.717) is 5.56 Å². The average molecular weight is 322 g/mol. The molecule has 0 aliphatic heterocycles. The predicted molar refractivity (Wildman–Crippen MR) is 94.0 cm³/mol. The zero-order valence-corrected chi connectivity index (χ0v) is 13.7. The van der Waals surface area contributed by atoms with Crippen molar-refractivity contribution >= 4 is 11.6 Å². The van der Waals surface area contributed by atoms with Crippen LogP contribution >= 0.6 is 11.6 Å². The van der Waals surface area contributed by atoms with E-state index in [4.69, 9.17) is 16.9 Å². The molecule has 2 aromatic carbocycles. The van der Waals surface area contributed by atoms with Crippen molar-refractivity contribution in [3.63, 3.8) is 0 Å². The van der Waals surface area contributed by atoms with Crippen LogP contribution in [0.25, 0.3) is 22.5 Å². The van der Waals surface area contributed by atoms with Crippen molar-refractivity contribution < 1.29 is 0 Å². The van der Waals surface area contributed by atoms with Crippen molar-refractivity contribution in [3.05, 3.63) is 71.5 Å². The summed E-state index contributed by atoms with van der Waals surface area (Å²) >= 11 is 6.03. The number of nitrogens with zero attached hydrogens (tertiary/aromatic N) is 3. The Morgan fingerprint density at radius 3 is 1.87 bits per heavy atom. The first-order chi connectivity index (χ1) is 11.3. The van der Waals surface area contributed by atoms with Gasteiger partial charge in [0.15, 0.2) is 0 Å². The van der Waals surface area contributed by atoms with Gasteiger partial charge in [0.25, 0.3) is 0 Å². The highest BCUT2D eigenvalue weighted by atomic mass is 35.5. The molecular formula is C19H16ClN3. The van der Waals surface area contributed by atoms with Gasteiger partial charge in [-0.1, -0.05) is 56.3 Å². The number of hydrogen-bond acceptors (Lipinski definition) is 3. The third kappa shape index (κ3) is 4.15. The van der Waals surface area contributed by atoms with E-state index in [0.717, 1.165) is 22.5 Å². The van der Waals surface area contributed by atoms with E-state index in [2.05, 4.69) is 16.0 Å². The van der Waals surface area contributed by atoms with E-state index in [9.17, 15) is 0 Å². The SMILES string of the molecule is CC.N#Cc1ccc(-c2cc(-c3ccccc3)nc(Cl)n2)cc1. The Bertz CT molecular complexity index is 806. The van der Waals surface area contributed by atoms with Crippen molar-refractivity contribution in [2.45, 2.75) is 13.8 Å². The molecule has 23 heavy (non-hydrogen) atoms. The molecule has 3 nitrogen and oxygen atoms in total. The van der Waals surface area contributed by atoms with Crippen LogP contribution in [-0.2, 0) is 0 Å². The number of benzene rings is 2. The topological polar surface area (TPSA) is 49.6 Å². The molecule has 3 rings (SSSR count). The maximum atomic E-state index is 8.84. The van der Waals surface area contributed by atoms with Crippen LogP contribution in [0.5, 0.6) is 0 Å². The zero-order chi connectivity index (χ0) is 16.7. The minimum atomic E-state index is 0.204. The lowest BCUT2D eigenvalue weighted by Gasteiger charge is -2.06. The molecule has 0 saturated carbocycles. The molecule has 0 N–H and O–H groups in total. The first kappa shape index (κ1) is 16.7. The second-order valence-corrected chi connectivity index (χ2v) is 4.80. The number of halogens is 1. The minimum absolute atomic E-state index is 0.204. The largest absolute Gasteiger partial charge is 0.223 e. The Labute approximate surface area is 141 Å². The summed E-state index contributed by atoms with van der Waals surface area (Å²) in [6, 6.07) is 21.0. The van der Waals surface area contributed by atoms with Crippen molar-refractivity contribution in [1.29, 1.82) is 5.26 Å². The lowest BCUT2D eigenvalue weighted by atomic mass is 10.1. The molecule has 114 valence electrons. The molecule has 0 saturated heterocycles. The molecule has 1 heterocycles. The fourth-order valence-electron chi connectivity index (χ4n) is 2.04. The molecule has 0 bridgehead atoms. The minimum Gasteiger partial charge on any atom is -0.218 e. The number of nitriles is 1. The van der Waals surface area contributed by atoms with Crippen LogP contribution in [0, 0.1) is 11.3 Å². The van der Waals surface area contributed by atoms with Crippen LogP contribution in [0.3, 0.4) is 0 Å². The molecule has 0 aliphatic rings. The molecular weight excluding hydrogens is 306 g/mol. The molecule has 0 radical (unpaired) electrons. The monoisotopic (exact) mass is 321 g/mol. The predicted octanol–water partition coefficient (Wildman–Crippen LogP) is 5.36. The second kappa shape index (κ2) is 8.07. The van der Waals surface area contributed by atoms with E-state index in [1.54, 1.807) is 12.1 Å². The maximum absolute atomic E-state index is 8.84. The summed E-state index contributed by atoms with van der Waals surface area (Å²) in [5.41, 5.74) is 4.00. The van der Waals surface area contributed by atoms with Crippen molar-refractivity contribution in [2.75, 3.05) is 0 Å². The highest BCUT2D eigenvalue weighted by molar-refractivity contribution is 6.28. The van der Waals surface area contributed by atoms with Crippen LogP contribution in [0.2, 0.25) is 5.28 Å². The van der Waals surface area contributed by atoms with Gasteiger partial charge in [0.1, 0.15) is 0 Å². The molecule has 0 atom stereocenters. The third-order valence-electron chi connectivity index (χ3n) is 3.08. The summed E-state index contributed by atoms with van der Waals surface area (Å²) in [6.45, 7) is 4.00. The van der Waals surface area contributed by atoms with E-state index >= 15 is 0 Å². The van der Waals surface area contributed by atoms with Gasteiger partial charge in [0, 0.05) is 11.1 Å². The number of rotatable bonds is 2. The van der Waals surface area contributed by atoms with Crippen LogP contribution < -0.4 is 0 Å². The third-order valence-corrected chi connectivity index (χ3v) is 3.25. The summed E-state index contributed by atoms with van der Waals surface area (Å²) in [6.07, 6.45) is 0. The quantitative estimate of drug-likeness (QED) is 0.597. The van der Waals surface area contributed by atoms with E-state index in [1.807, 2.05) is 62.4 Å². The molecule has 4 heteroatoms. The van der Waals surface area contributed by atoms with Crippen LogP contribution in [0.4, 0.5) is 0 Å². The summed E-state index contributed by atoms with van der Waals surface area (Å²) in [7, 11) is 0. The molecule has 0 fully saturated rings. The van der Waals surface area contributed by atoms with Gasteiger partial charge in [-0.2, -0.15) is 5.26 Å². The molecule has 0 aliphatic carbocycles. The highest BCUT2D eigenvalue weighted by Gasteiger charge is 2.07. The summed E-state index contributed by atoms with van der Waals surface area (Å²) < 4.78 is 0. The number of aromatic nitrogens is 2. The normalized spacial score (nSPS) is 9.48. The fraction of sp³-hybridized carbons (Fsp3) is 0.105. The second-order valence-electron chi connectivity index (χ2n) is 4.46. The highest BCUT2D eigenvalue weighted by Crippen LogP contribution is 2.25. The Morgan fingerprint density at radius 1 is 0.826 bits per heavy atom. The van der Waals surface area contributed by atoms with Crippen molar-refractivity contribution in [2.24, 2.45) is 0 Å². The molecule has 3 aromatic rings. The van der Waals surface area contributed by atoms with Gasteiger partial charge in [-0.3, -0.25) is 0 Å². The zero-order valence-electron chi connectivity index (χ0n) is 13.0. The Hall–Kier alpha value is -2.70. The average Bonchev–Trinajstić information content (AvgIpc) is 2.64. The summed E-state index contributed by atoms with van der Waals surface area (Å²) in [5, 5.41) is 9.04. The van der Waals surface area contributed by atoms with E-state index in [1.165, 1.54) is 0 Å². The summed E-state index contributed by atoms with van der Waals surface area (Å²) in [5.74, 6) is 0. The Kier molecular flexibility index (Phi) is 5.85. The Morgan fingerprint density at radius 2 is 1.35 bits per heavy atom. The smallest absolute Gasteiger partial charge is 0.218 e. The van der Waals surface area contributed by atoms with Crippen molar-refractivity contribution in [3.8, 4) is 28.6 Å². The van der Waals surface area contributed by atoms with Gasteiger partial charge in [-0.15, -0.1) is 0 Å². The first-order valence-electron chi connectivity index (χ1n) is 7.37. The van der Waals surface area contributed by atoms with Crippen molar-refractivity contribution in [1.82, 2.24) is 9.97 Å². The van der Waals surface area contributed by atoms with Gasteiger partial charge in [0.2, 0.25) is 5.28 Å². The fourth-order valence-corrected chi connectivity index (χ4v) is 2.22. The van der Waals surface area contributed by atoms with Gasteiger partial charge in [-0.25, -0.2) is 9.97 Å². The number of hydrogen-bond donors (Lipinski definition) is 0. The first-order valence-corrected chi connectivity index (χ1v) is 7.74. The van der Waals surface area contributed by atoms with Gasteiger partial charge in [-0.05, 0) is 29.8 Å². The lowest BCUT2D eigenvalue weighted by Crippen LogP contribution is -1.91. The van der Waals surface area contributed by atoms with Crippen LogP contribution in [-0.4, -0.2) is 9.97 Å². The molecule has 0 spiro atoms.